The minimum Gasteiger partial charge on any atom is -0.355 e. The highest BCUT2D eigenvalue weighted by Crippen LogP contribution is 2.27. The first-order valence-corrected chi connectivity index (χ1v) is 5.87. The molecule has 0 aliphatic carbocycles. The summed E-state index contributed by atoms with van der Waals surface area (Å²) in [7, 11) is 1.65. The van der Waals surface area contributed by atoms with Crippen molar-refractivity contribution in [3.8, 4) is 0 Å². The molecule has 78 valence electrons. The zero-order chi connectivity index (χ0) is 10.8. The van der Waals surface area contributed by atoms with E-state index in [0.29, 0.717) is 0 Å². The number of fused-ring (bicyclic) bond motifs is 1. The average Bonchev–Trinajstić information content (AvgIpc) is 2.66. The predicted octanol–water partition coefficient (Wildman–Crippen LogP) is 2.25. The Balaban J connectivity index is 2.72. The summed E-state index contributed by atoms with van der Waals surface area (Å²) in [5.74, 6) is -0.0446. The predicted molar refractivity (Wildman–Crippen MR) is 63.5 cm³/mol. The molecule has 2 rings (SSSR count). The number of nitrogens with one attached hydrogen (secondary N) is 2. The molecule has 0 bridgehead atoms. The van der Waals surface area contributed by atoms with Crippen LogP contribution in [0.15, 0.2) is 29.3 Å². The fourth-order valence-corrected chi connectivity index (χ4v) is 2.24. The van der Waals surface area contributed by atoms with Gasteiger partial charge in [0.05, 0.1) is 10.6 Å². The summed E-state index contributed by atoms with van der Waals surface area (Å²) >= 11 is 1.55. The molecule has 0 saturated carbocycles. The number of hydrogen-bond acceptors (Lipinski definition) is 2. The number of H-pyrrole nitrogens is 1. The van der Waals surface area contributed by atoms with E-state index in [1.54, 1.807) is 18.8 Å². The van der Waals surface area contributed by atoms with Gasteiger partial charge in [-0.1, -0.05) is 18.2 Å². The van der Waals surface area contributed by atoms with E-state index >= 15 is 0 Å². The second-order valence-electron chi connectivity index (χ2n) is 3.16. The smallest absolute Gasteiger partial charge is 0.254 e. The standard InChI is InChI=1S/C11H12N2OS/c1-12-10(14)9-7-5-3-4-6-8(7)13-11(9)15-2/h3-6,13H,1-2H3,(H,12,14). The van der Waals surface area contributed by atoms with Gasteiger partial charge in [0, 0.05) is 18.0 Å². The molecule has 0 saturated heterocycles. The molecule has 2 aromatic rings. The lowest BCUT2D eigenvalue weighted by atomic mass is 10.1. The van der Waals surface area contributed by atoms with E-state index in [1.807, 2.05) is 30.5 Å². The van der Waals surface area contributed by atoms with Crippen molar-refractivity contribution >= 4 is 28.6 Å². The van der Waals surface area contributed by atoms with E-state index in [2.05, 4.69) is 10.3 Å². The van der Waals surface area contributed by atoms with Crippen molar-refractivity contribution in [2.24, 2.45) is 0 Å². The highest BCUT2D eigenvalue weighted by atomic mass is 32.2. The van der Waals surface area contributed by atoms with Crippen molar-refractivity contribution < 1.29 is 4.79 Å². The normalized spacial score (nSPS) is 10.5. The van der Waals surface area contributed by atoms with Crippen LogP contribution in [0.25, 0.3) is 10.9 Å². The minimum atomic E-state index is -0.0446. The van der Waals surface area contributed by atoms with Gasteiger partial charge in [0.1, 0.15) is 0 Å². The zero-order valence-corrected chi connectivity index (χ0v) is 9.44. The van der Waals surface area contributed by atoms with Crippen molar-refractivity contribution in [2.45, 2.75) is 5.03 Å². The van der Waals surface area contributed by atoms with E-state index in [4.69, 9.17) is 0 Å². The molecule has 3 nitrogen and oxygen atoms in total. The molecule has 0 radical (unpaired) electrons. The van der Waals surface area contributed by atoms with Crippen molar-refractivity contribution in [3.05, 3.63) is 29.8 Å². The number of benzene rings is 1. The number of aromatic amines is 1. The number of aromatic nitrogens is 1. The minimum absolute atomic E-state index is 0.0446. The van der Waals surface area contributed by atoms with Gasteiger partial charge in [-0.2, -0.15) is 0 Å². The number of thioether (sulfide) groups is 1. The van der Waals surface area contributed by atoms with Gasteiger partial charge < -0.3 is 10.3 Å². The summed E-state index contributed by atoms with van der Waals surface area (Å²) in [6.45, 7) is 0. The van der Waals surface area contributed by atoms with Crippen LogP contribution >= 0.6 is 11.8 Å². The molecule has 1 aromatic heterocycles. The Labute approximate surface area is 92.3 Å². The molecule has 0 aliphatic rings. The molecule has 2 N–H and O–H groups in total. The third kappa shape index (κ3) is 1.61. The summed E-state index contributed by atoms with van der Waals surface area (Å²) in [6, 6.07) is 7.82. The van der Waals surface area contributed by atoms with Crippen LogP contribution in [0.2, 0.25) is 0 Å². The second kappa shape index (κ2) is 3.98. The van der Waals surface area contributed by atoms with Gasteiger partial charge in [-0.05, 0) is 12.3 Å². The van der Waals surface area contributed by atoms with E-state index in [0.717, 1.165) is 21.5 Å². The Kier molecular flexibility index (Phi) is 2.68. The van der Waals surface area contributed by atoms with Crippen LogP contribution in [0.3, 0.4) is 0 Å². The molecule has 0 fully saturated rings. The van der Waals surface area contributed by atoms with Crippen LogP contribution < -0.4 is 5.32 Å². The Morgan fingerprint density at radius 3 is 2.80 bits per heavy atom. The third-order valence-electron chi connectivity index (χ3n) is 2.33. The lowest BCUT2D eigenvalue weighted by molar-refractivity contribution is 0.0962. The number of rotatable bonds is 2. The highest BCUT2D eigenvalue weighted by molar-refractivity contribution is 7.98. The molecule has 0 spiro atoms. The first-order chi connectivity index (χ1) is 7.27. The molecule has 0 atom stereocenters. The third-order valence-corrected chi connectivity index (χ3v) is 3.04. The number of carbonyl (C=O) groups excluding carboxylic acids is 1. The summed E-state index contributed by atoms with van der Waals surface area (Å²) in [5.41, 5.74) is 1.74. The maximum atomic E-state index is 11.7. The maximum absolute atomic E-state index is 11.7. The molecule has 15 heavy (non-hydrogen) atoms. The summed E-state index contributed by atoms with van der Waals surface area (Å²) in [6.07, 6.45) is 1.96. The van der Waals surface area contributed by atoms with E-state index < -0.39 is 0 Å². The van der Waals surface area contributed by atoms with Crippen LogP contribution in [0, 0.1) is 0 Å². The zero-order valence-electron chi connectivity index (χ0n) is 8.63. The molecule has 0 aliphatic heterocycles. The molecule has 1 amide bonds. The topological polar surface area (TPSA) is 44.9 Å². The SMILES string of the molecule is CNC(=O)c1c(SC)[nH]c2ccccc12. The Morgan fingerprint density at radius 2 is 2.13 bits per heavy atom. The molecular weight excluding hydrogens is 208 g/mol. The quantitative estimate of drug-likeness (QED) is 0.762. The Bertz CT molecular complexity index is 504. The Hall–Kier alpha value is -1.42. The molecule has 0 unspecified atom stereocenters. The number of hydrogen-bond donors (Lipinski definition) is 2. The van der Waals surface area contributed by atoms with Gasteiger partial charge in [-0.25, -0.2) is 0 Å². The fourth-order valence-electron chi connectivity index (χ4n) is 1.62. The molecule has 4 heteroatoms. The Morgan fingerprint density at radius 1 is 1.40 bits per heavy atom. The molecule has 1 aromatic carbocycles. The van der Waals surface area contributed by atoms with Gasteiger partial charge in [0.25, 0.3) is 5.91 Å². The number of carbonyl (C=O) groups is 1. The van der Waals surface area contributed by atoms with Crippen molar-refractivity contribution in [1.82, 2.24) is 10.3 Å². The van der Waals surface area contributed by atoms with E-state index in [9.17, 15) is 4.79 Å². The van der Waals surface area contributed by atoms with Gasteiger partial charge in [-0.15, -0.1) is 11.8 Å². The first kappa shape index (κ1) is 10.1. The first-order valence-electron chi connectivity index (χ1n) is 4.64. The van der Waals surface area contributed by atoms with E-state index in [-0.39, 0.29) is 5.91 Å². The van der Waals surface area contributed by atoms with Crippen LogP contribution in [0.4, 0.5) is 0 Å². The average molecular weight is 220 g/mol. The van der Waals surface area contributed by atoms with Crippen LogP contribution in [-0.4, -0.2) is 24.2 Å². The number of amides is 1. The summed E-state index contributed by atoms with van der Waals surface area (Å²) in [4.78, 5) is 15.0. The van der Waals surface area contributed by atoms with Gasteiger partial charge in [-0.3, -0.25) is 4.79 Å². The highest BCUT2D eigenvalue weighted by Gasteiger charge is 2.15. The lowest BCUT2D eigenvalue weighted by Gasteiger charge is -1.99. The molecular formula is C11H12N2OS. The van der Waals surface area contributed by atoms with E-state index in [1.165, 1.54) is 0 Å². The van der Waals surface area contributed by atoms with Crippen molar-refractivity contribution in [2.75, 3.05) is 13.3 Å². The monoisotopic (exact) mass is 220 g/mol. The largest absolute Gasteiger partial charge is 0.355 e. The lowest BCUT2D eigenvalue weighted by Crippen LogP contribution is -2.18. The van der Waals surface area contributed by atoms with Crippen LogP contribution in [-0.2, 0) is 0 Å². The van der Waals surface area contributed by atoms with Gasteiger partial charge in [0.15, 0.2) is 0 Å². The van der Waals surface area contributed by atoms with Crippen LogP contribution in [0.5, 0.6) is 0 Å². The van der Waals surface area contributed by atoms with Crippen molar-refractivity contribution in [3.63, 3.8) is 0 Å². The molecule has 1 heterocycles. The van der Waals surface area contributed by atoms with Gasteiger partial charge in [0.2, 0.25) is 0 Å². The number of para-hydroxylation sites is 1. The van der Waals surface area contributed by atoms with Crippen molar-refractivity contribution in [1.29, 1.82) is 0 Å². The van der Waals surface area contributed by atoms with Gasteiger partial charge >= 0.3 is 0 Å². The second-order valence-corrected chi connectivity index (χ2v) is 3.97. The summed E-state index contributed by atoms with van der Waals surface area (Å²) in [5, 5.41) is 4.55. The summed E-state index contributed by atoms with van der Waals surface area (Å²) < 4.78 is 0. The fraction of sp³-hybridized carbons (Fsp3) is 0.182. The van der Waals surface area contributed by atoms with Crippen LogP contribution in [0.1, 0.15) is 10.4 Å². The maximum Gasteiger partial charge on any atom is 0.254 e.